The Labute approximate surface area is 53.4 Å². The van der Waals surface area contributed by atoms with Gasteiger partial charge >= 0.3 is 0 Å². The predicted octanol–water partition coefficient (Wildman–Crippen LogP) is 1.69. The Hall–Kier alpha value is 0.630. The molecule has 0 aromatic heterocycles. The van der Waals surface area contributed by atoms with Crippen molar-refractivity contribution in [2.75, 3.05) is 0 Å². The highest BCUT2D eigenvalue weighted by molar-refractivity contribution is 9.20. The van der Waals surface area contributed by atoms with Crippen LogP contribution in [-0.4, -0.2) is 9.52 Å². The molecule has 0 amide bonds. The lowest BCUT2D eigenvalue weighted by Crippen LogP contribution is -1.97. The molecule has 0 spiro atoms. The van der Waals surface area contributed by atoms with E-state index >= 15 is 0 Å². The summed E-state index contributed by atoms with van der Waals surface area (Å²) in [5, 5.41) is 0. The summed E-state index contributed by atoms with van der Waals surface area (Å²) in [6.07, 6.45) is 0. The van der Waals surface area contributed by atoms with Gasteiger partial charge in [-0.15, -0.1) is 0 Å². The summed E-state index contributed by atoms with van der Waals surface area (Å²) in [7, 11) is 0. The van der Waals surface area contributed by atoms with Gasteiger partial charge in [-0.05, 0) is 22.9 Å². The molecule has 3 heteroatoms. The van der Waals surface area contributed by atoms with Crippen molar-refractivity contribution >= 4 is 36.6 Å². The standard InChI is InChI=1S/C3H4Br2O/c1-2(4)3(5)6/h2H,1H3/t2-/m0/s1. The number of alkyl halides is 1. The average molecular weight is 216 g/mol. The lowest BCUT2D eigenvalue weighted by Gasteiger charge is -1.86. The summed E-state index contributed by atoms with van der Waals surface area (Å²) in [5.74, 6) is 0. The van der Waals surface area contributed by atoms with Crippen molar-refractivity contribution in [2.24, 2.45) is 0 Å². The second-order valence-corrected chi connectivity index (χ2v) is 3.08. The molecular weight excluding hydrogens is 212 g/mol. The first-order valence-corrected chi connectivity index (χ1v) is 3.19. The summed E-state index contributed by atoms with van der Waals surface area (Å²) < 4.78 is -0.0116. The van der Waals surface area contributed by atoms with Crippen molar-refractivity contribution in [2.45, 2.75) is 11.8 Å². The lowest BCUT2D eigenvalue weighted by atomic mass is 10.6. The van der Waals surface area contributed by atoms with Crippen molar-refractivity contribution in [3.8, 4) is 0 Å². The summed E-state index contributed by atoms with van der Waals surface area (Å²) in [6, 6.07) is 0. The topological polar surface area (TPSA) is 17.1 Å². The van der Waals surface area contributed by atoms with Crippen LogP contribution < -0.4 is 0 Å². The molecule has 0 radical (unpaired) electrons. The van der Waals surface area contributed by atoms with Crippen molar-refractivity contribution in [3.63, 3.8) is 0 Å². The Morgan fingerprint density at radius 3 is 2.00 bits per heavy atom. The van der Waals surface area contributed by atoms with Gasteiger partial charge in [0.15, 0.2) is 0 Å². The van der Waals surface area contributed by atoms with Crippen LogP contribution in [0, 0.1) is 0 Å². The van der Waals surface area contributed by atoms with Crippen LogP contribution in [0.5, 0.6) is 0 Å². The second kappa shape index (κ2) is 2.75. The van der Waals surface area contributed by atoms with E-state index in [1.165, 1.54) is 0 Å². The third-order valence-electron chi connectivity index (χ3n) is 0.313. The van der Waals surface area contributed by atoms with Gasteiger partial charge in [0, 0.05) is 0 Å². The Balaban J connectivity index is 3.26. The molecule has 0 rings (SSSR count). The highest BCUT2D eigenvalue weighted by Gasteiger charge is 2.00. The van der Waals surface area contributed by atoms with E-state index in [9.17, 15) is 4.79 Å². The normalized spacial score (nSPS) is 13.8. The molecule has 0 saturated heterocycles. The van der Waals surface area contributed by atoms with Crippen LogP contribution in [0.2, 0.25) is 0 Å². The zero-order valence-electron chi connectivity index (χ0n) is 3.24. The minimum Gasteiger partial charge on any atom is -0.285 e. The van der Waals surface area contributed by atoms with Crippen LogP contribution in [0.15, 0.2) is 0 Å². The third-order valence-corrected chi connectivity index (χ3v) is 2.03. The molecule has 0 saturated carbocycles. The van der Waals surface area contributed by atoms with Gasteiger partial charge in [-0.25, -0.2) is 0 Å². The maximum absolute atomic E-state index is 10.0. The van der Waals surface area contributed by atoms with E-state index in [0.717, 1.165) is 0 Å². The van der Waals surface area contributed by atoms with Crippen LogP contribution in [0.1, 0.15) is 6.92 Å². The Morgan fingerprint density at radius 1 is 1.83 bits per heavy atom. The number of halogens is 2. The maximum Gasteiger partial charge on any atom is 0.211 e. The molecule has 0 aromatic carbocycles. The van der Waals surface area contributed by atoms with E-state index in [1.807, 2.05) is 0 Å². The quantitative estimate of drug-likeness (QED) is 0.481. The van der Waals surface area contributed by atoms with E-state index in [1.54, 1.807) is 6.92 Å². The van der Waals surface area contributed by atoms with Crippen molar-refractivity contribution < 1.29 is 4.79 Å². The molecule has 0 aromatic rings. The molecule has 0 aliphatic carbocycles. The largest absolute Gasteiger partial charge is 0.285 e. The highest BCUT2D eigenvalue weighted by atomic mass is 79.9. The molecule has 0 fully saturated rings. The first kappa shape index (κ1) is 6.63. The van der Waals surface area contributed by atoms with Gasteiger partial charge in [0.1, 0.15) is 0 Å². The van der Waals surface area contributed by atoms with Crippen LogP contribution in [0.4, 0.5) is 0 Å². The molecule has 0 heterocycles. The zero-order chi connectivity index (χ0) is 5.15. The SMILES string of the molecule is C[C@H](Br)C(=O)Br. The monoisotopic (exact) mass is 214 g/mol. The van der Waals surface area contributed by atoms with E-state index in [4.69, 9.17) is 0 Å². The molecule has 1 nitrogen and oxygen atoms in total. The fraction of sp³-hybridized carbons (Fsp3) is 0.667. The Morgan fingerprint density at radius 2 is 2.00 bits per heavy atom. The second-order valence-electron chi connectivity index (χ2n) is 0.920. The average Bonchev–Trinajstić information content (AvgIpc) is 1.36. The molecule has 0 aliphatic rings. The number of hydrogen-bond acceptors (Lipinski definition) is 1. The van der Waals surface area contributed by atoms with Gasteiger partial charge in [-0.3, -0.25) is 4.79 Å². The van der Waals surface area contributed by atoms with Crippen LogP contribution in [0.3, 0.4) is 0 Å². The van der Waals surface area contributed by atoms with E-state index in [0.29, 0.717) is 0 Å². The predicted molar refractivity (Wildman–Crippen MR) is 32.3 cm³/mol. The summed E-state index contributed by atoms with van der Waals surface area (Å²) in [5.41, 5.74) is 0. The van der Waals surface area contributed by atoms with Crippen LogP contribution in [0.25, 0.3) is 0 Å². The van der Waals surface area contributed by atoms with Gasteiger partial charge < -0.3 is 0 Å². The minimum absolute atomic E-state index is 0.0116. The van der Waals surface area contributed by atoms with Gasteiger partial charge in [0.25, 0.3) is 0 Å². The van der Waals surface area contributed by atoms with Gasteiger partial charge in [-0.1, -0.05) is 15.9 Å². The molecule has 0 N–H and O–H groups in total. The molecule has 6 heavy (non-hydrogen) atoms. The lowest BCUT2D eigenvalue weighted by molar-refractivity contribution is -0.109. The first-order valence-electron chi connectivity index (χ1n) is 1.48. The molecular formula is C3H4Br2O. The Bertz CT molecular complexity index is 59.8. The minimum atomic E-state index is -0.0579. The van der Waals surface area contributed by atoms with E-state index in [-0.39, 0.29) is 9.52 Å². The summed E-state index contributed by atoms with van der Waals surface area (Å²) >= 11 is 5.80. The Kier molecular flexibility index (Phi) is 3.03. The van der Waals surface area contributed by atoms with Gasteiger partial charge in [0.05, 0.1) is 4.83 Å². The summed E-state index contributed by atoms with van der Waals surface area (Å²) in [4.78, 5) is 9.96. The van der Waals surface area contributed by atoms with Crippen molar-refractivity contribution in [3.05, 3.63) is 0 Å². The first-order chi connectivity index (χ1) is 2.64. The fourth-order valence-electron chi connectivity index (χ4n) is 0. The fourth-order valence-corrected chi connectivity index (χ4v) is 0. The van der Waals surface area contributed by atoms with Crippen molar-refractivity contribution in [1.29, 1.82) is 0 Å². The number of carbonyl (C=O) groups is 1. The number of carbonyl (C=O) groups excluding carboxylic acids is 1. The highest BCUT2D eigenvalue weighted by Crippen LogP contribution is 2.02. The zero-order valence-corrected chi connectivity index (χ0v) is 6.41. The van der Waals surface area contributed by atoms with Gasteiger partial charge in [0.2, 0.25) is 4.69 Å². The molecule has 36 valence electrons. The summed E-state index contributed by atoms with van der Waals surface area (Å²) in [6.45, 7) is 1.76. The van der Waals surface area contributed by atoms with Gasteiger partial charge in [-0.2, -0.15) is 0 Å². The number of rotatable bonds is 1. The van der Waals surface area contributed by atoms with E-state index < -0.39 is 0 Å². The van der Waals surface area contributed by atoms with Crippen LogP contribution >= 0.6 is 31.9 Å². The van der Waals surface area contributed by atoms with E-state index in [2.05, 4.69) is 31.9 Å². The third kappa shape index (κ3) is 2.85. The van der Waals surface area contributed by atoms with Crippen molar-refractivity contribution in [1.82, 2.24) is 0 Å². The molecule has 0 bridgehead atoms. The smallest absolute Gasteiger partial charge is 0.211 e. The molecule has 0 unspecified atom stereocenters. The maximum atomic E-state index is 10.0. The molecule has 0 aliphatic heterocycles. The number of hydrogen-bond donors (Lipinski definition) is 0. The van der Waals surface area contributed by atoms with Crippen LogP contribution in [-0.2, 0) is 4.79 Å². The molecule has 1 atom stereocenters.